The van der Waals surface area contributed by atoms with Gasteiger partial charge >= 0.3 is 0 Å². The molecule has 24 heavy (non-hydrogen) atoms. The minimum absolute atomic E-state index is 0.0482. The zero-order valence-electron chi connectivity index (χ0n) is 15.4. The molecule has 0 radical (unpaired) electrons. The predicted octanol–water partition coefficient (Wildman–Crippen LogP) is 4.72. The van der Waals surface area contributed by atoms with Gasteiger partial charge in [-0.05, 0) is 51.2 Å². The Hall–Kier alpha value is -0.710. The van der Waals surface area contributed by atoms with Crippen LogP contribution in [-0.2, 0) is 5.54 Å². The highest BCUT2D eigenvalue weighted by atomic mass is 32.2. The molecular formula is C20H30N2S2. The van der Waals surface area contributed by atoms with Crippen LogP contribution in [0.1, 0.15) is 40.2 Å². The maximum atomic E-state index is 4.95. The average molecular weight is 363 g/mol. The van der Waals surface area contributed by atoms with Crippen LogP contribution < -0.4 is 5.32 Å². The Morgan fingerprint density at radius 1 is 1.21 bits per heavy atom. The first-order valence-corrected chi connectivity index (χ1v) is 10.1. The molecule has 0 saturated carbocycles. The fourth-order valence-electron chi connectivity index (χ4n) is 3.17. The highest BCUT2D eigenvalue weighted by molar-refractivity contribution is 8.00. The zero-order chi connectivity index (χ0) is 17.8. The normalized spacial score (nSPS) is 22.1. The van der Waals surface area contributed by atoms with Gasteiger partial charge in [0.15, 0.2) is 0 Å². The van der Waals surface area contributed by atoms with Crippen molar-refractivity contribution in [1.82, 2.24) is 5.32 Å². The summed E-state index contributed by atoms with van der Waals surface area (Å²) in [5.41, 5.74) is 0.836. The van der Waals surface area contributed by atoms with Crippen molar-refractivity contribution in [2.75, 3.05) is 12.3 Å². The summed E-state index contributed by atoms with van der Waals surface area (Å²) in [7, 11) is 0. The summed E-state index contributed by atoms with van der Waals surface area (Å²) in [5, 5.41) is 4.03. The average Bonchev–Trinajstić information content (AvgIpc) is 3.01. The lowest BCUT2D eigenvalue weighted by Gasteiger charge is -2.45. The standard InChI is InChI=1S/C20H30N2S2/c1-6-24-17(19(4,5)22-15-18(2,3)23)20(13-10-14-21-20)16-11-8-7-9-12-16/h7-14,17,22-23H,6,15H2,1-5H3. The van der Waals surface area contributed by atoms with E-state index in [1.807, 2.05) is 18.0 Å². The third kappa shape index (κ3) is 4.47. The Labute approximate surface area is 157 Å². The molecule has 0 amide bonds. The molecule has 2 unspecified atom stereocenters. The number of allylic oxidation sites excluding steroid dienone is 1. The third-order valence-corrected chi connectivity index (χ3v) is 6.10. The number of nitrogens with zero attached hydrogens (tertiary/aromatic N) is 1. The Kier molecular flexibility index (Phi) is 6.27. The first-order valence-electron chi connectivity index (χ1n) is 8.59. The fourth-order valence-corrected chi connectivity index (χ4v) is 4.61. The Balaban J connectivity index is 2.40. The van der Waals surface area contributed by atoms with Gasteiger partial charge in [0, 0.05) is 23.0 Å². The van der Waals surface area contributed by atoms with Gasteiger partial charge in [0.05, 0.1) is 5.25 Å². The van der Waals surface area contributed by atoms with Gasteiger partial charge < -0.3 is 5.32 Å². The summed E-state index contributed by atoms with van der Waals surface area (Å²) in [6, 6.07) is 10.6. The molecule has 1 aliphatic rings. The molecule has 0 fully saturated rings. The zero-order valence-corrected chi connectivity index (χ0v) is 17.1. The number of thioether (sulfide) groups is 1. The van der Waals surface area contributed by atoms with Crippen LogP contribution in [0, 0.1) is 0 Å². The second-order valence-corrected chi connectivity index (χ2v) is 10.1. The van der Waals surface area contributed by atoms with Gasteiger partial charge in [0.1, 0.15) is 5.54 Å². The van der Waals surface area contributed by atoms with Crippen LogP contribution in [0.5, 0.6) is 0 Å². The topological polar surface area (TPSA) is 24.4 Å². The smallest absolute Gasteiger partial charge is 0.118 e. The Morgan fingerprint density at radius 2 is 1.88 bits per heavy atom. The first kappa shape index (κ1) is 19.6. The molecule has 0 aromatic heterocycles. The monoisotopic (exact) mass is 362 g/mol. The van der Waals surface area contributed by atoms with E-state index in [4.69, 9.17) is 4.99 Å². The number of thiol groups is 1. The molecule has 0 saturated heterocycles. The minimum Gasteiger partial charge on any atom is -0.309 e. The lowest BCUT2D eigenvalue weighted by molar-refractivity contribution is 0.308. The van der Waals surface area contributed by atoms with Crippen molar-refractivity contribution >= 4 is 30.6 Å². The van der Waals surface area contributed by atoms with Crippen molar-refractivity contribution in [3.63, 3.8) is 0 Å². The molecule has 0 spiro atoms. The number of benzene rings is 1. The van der Waals surface area contributed by atoms with Crippen molar-refractivity contribution < 1.29 is 0 Å². The molecule has 4 heteroatoms. The van der Waals surface area contributed by atoms with E-state index in [0.717, 1.165) is 12.3 Å². The lowest BCUT2D eigenvalue weighted by Crippen LogP contribution is -2.57. The molecule has 2 atom stereocenters. The van der Waals surface area contributed by atoms with E-state index in [2.05, 4.69) is 95.0 Å². The second-order valence-electron chi connectivity index (χ2n) is 7.55. The fraction of sp³-hybridized carbons (Fsp3) is 0.550. The van der Waals surface area contributed by atoms with Gasteiger partial charge in [-0.3, -0.25) is 4.99 Å². The largest absolute Gasteiger partial charge is 0.309 e. The predicted molar refractivity (Wildman–Crippen MR) is 113 cm³/mol. The second kappa shape index (κ2) is 7.67. The third-order valence-electron chi connectivity index (χ3n) is 4.33. The summed E-state index contributed by atoms with van der Waals surface area (Å²) in [4.78, 5) is 4.95. The van der Waals surface area contributed by atoms with Gasteiger partial charge in [-0.2, -0.15) is 24.4 Å². The lowest BCUT2D eigenvalue weighted by atomic mass is 9.79. The van der Waals surface area contributed by atoms with Gasteiger partial charge in [0.25, 0.3) is 0 Å². The van der Waals surface area contributed by atoms with Gasteiger partial charge in [-0.1, -0.05) is 37.3 Å². The van der Waals surface area contributed by atoms with Gasteiger partial charge in [-0.25, -0.2) is 0 Å². The maximum absolute atomic E-state index is 4.95. The minimum atomic E-state index is -0.320. The first-order chi connectivity index (χ1) is 11.2. The summed E-state index contributed by atoms with van der Waals surface area (Å²) in [5.74, 6) is 1.05. The molecule has 1 aromatic carbocycles. The maximum Gasteiger partial charge on any atom is 0.118 e. The van der Waals surface area contributed by atoms with E-state index in [9.17, 15) is 0 Å². The van der Waals surface area contributed by atoms with Crippen molar-refractivity contribution in [3.8, 4) is 0 Å². The Bertz CT molecular complexity index is 573. The van der Waals surface area contributed by atoms with Crippen LogP contribution >= 0.6 is 24.4 Å². The molecule has 2 nitrogen and oxygen atoms in total. The van der Waals surface area contributed by atoms with Crippen molar-refractivity contribution in [2.24, 2.45) is 4.99 Å². The van der Waals surface area contributed by atoms with E-state index in [0.29, 0.717) is 0 Å². The van der Waals surface area contributed by atoms with E-state index in [1.54, 1.807) is 0 Å². The number of hydrogen-bond acceptors (Lipinski definition) is 4. The van der Waals surface area contributed by atoms with Crippen LogP contribution in [0.3, 0.4) is 0 Å². The summed E-state index contributed by atoms with van der Waals surface area (Å²) < 4.78 is -0.0482. The van der Waals surface area contributed by atoms with E-state index >= 15 is 0 Å². The quantitative estimate of drug-likeness (QED) is 0.654. The van der Waals surface area contributed by atoms with Crippen molar-refractivity contribution in [1.29, 1.82) is 0 Å². The summed E-state index contributed by atoms with van der Waals surface area (Å²) in [6.45, 7) is 11.9. The molecular weight excluding hydrogens is 332 g/mol. The molecule has 0 aliphatic carbocycles. The molecule has 1 aromatic rings. The number of nitrogens with one attached hydrogen (secondary N) is 1. The van der Waals surface area contributed by atoms with Crippen LogP contribution in [-0.4, -0.2) is 34.0 Å². The Morgan fingerprint density at radius 3 is 2.38 bits per heavy atom. The number of aliphatic imine (C=N–C) groups is 1. The van der Waals surface area contributed by atoms with Crippen LogP contribution in [0.2, 0.25) is 0 Å². The molecule has 1 aliphatic heterocycles. The number of rotatable bonds is 8. The molecule has 132 valence electrons. The van der Waals surface area contributed by atoms with E-state index in [-0.39, 0.29) is 21.1 Å². The SMILES string of the molecule is CCSC(C(C)(C)NCC(C)(C)S)C1(c2ccccc2)C=CC=N1. The van der Waals surface area contributed by atoms with E-state index in [1.165, 1.54) is 5.56 Å². The molecule has 1 heterocycles. The van der Waals surface area contributed by atoms with Crippen LogP contribution in [0.15, 0.2) is 47.5 Å². The highest BCUT2D eigenvalue weighted by Crippen LogP contribution is 2.44. The highest BCUT2D eigenvalue weighted by Gasteiger charge is 2.47. The molecule has 2 rings (SSSR count). The molecule has 0 bridgehead atoms. The molecule has 1 N–H and O–H groups in total. The van der Waals surface area contributed by atoms with Crippen molar-refractivity contribution in [2.45, 2.75) is 55.7 Å². The van der Waals surface area contributed by atoms with Crippen molar-refractivity contribution in [3.05, 3.63) is 48.0 Å². The summed E-state index contributed by atoms with van der Waals surface area (Å²) in [6.07, 6.45) is 6.27. The number of hydrogen-bond donors (Lipinski definition) is 2. The van der Waals surface area contributed by atoms with Gasteiger partial charge in [0.2, 0.25) is 0 Å². The summed E-state index contributed by atoms with van der Waals surface area (Å²) >= 11 is 6.65. The van der Waals surface area contributed by atoms with E-state index < -0.39 is 0 Å². The van der Waals surface area contributed by atoms with Gasteiger partial charge in [-0.15, -0.1) is 0 Å². The van der Waals surface area contributed by atoms with Crippen LogP contribution in [0.25, 0.3) is 0 Å². The van der Waals surface area contributed by atoms with Crippen LogP contribution in [0.4, 0.5) is 0 Å².